The highest BCUT2D eigenvalue weighted by Gasteiger charge is 2.27. The van der Waals surface area contributed by atoms with Crippen LogP contribution < -0.4 is 5.69 Å². The number of piperidine rings is 1. The minimum absolute atomic E-state index is 0.0222. The van der Waals surface area contributed by atoms with Gasteiger partial charge in [-0.05, 0) is 25.0 Å². The van der Waals surface area contributed by atoms with Gasteiger partial charge in [0.2, 0.25) is 0 Å². The first kappa shape index (κ1) is 14.6. The van der Waals surface area contributed by atoms with E-state index in [-0.39, 0.29) is 17.6 Å². The summed E-state index contributed by atoms with van der Waals surface area (Å²) in [6.07, 6.45) is 6.06. The summed E-state index contributed by atoms with van der Waals surface area (Å²) >= 11 is 0. The van der Waals surface area contributed by atoms with Crippen LogP contribution in [0.5, 0.6) is 0 Å². The smallest absolute Gasteiger partial charge is 0.327 e. The number of hydrogen-bond acceptors (Lipinski definition) is 5. The zero-order valence-corrected chi connectivity index (χ0v) is 12.9. The third kappa shape index (κ3) is 2.45. The number of aromatic amines is 1. The topological polar surface area (TPSA) is 96.8 Å². The molecule has 1 saturated heterocycles. The van der Waals surface area contributed by atoms with Crippen LogP contribution in [-0.2, 0) is 0 Å². The number of H-pyrrole nitrogens is 1. The van der Waals surface area contributed by atoms with Crippen molar-refractivity contribution >= 4 is 17.1 Å². The Kier molecular flexibility index (Phi) is 3.56. The minimum atomic E-state index is -0.181. The maximum absolute atomic E-state index is 12.4. The predicted molar refractivity (Wildman–Crippen MR) is 86.6 cm³/mol. The van der Waals surface area contributed by atoms with E-state index in [4.69, 9.17) is 0 Å². The second kappa shape index (κ2) is 5.88. The molecule has 4 rings (SSSR count). The van der Waals surface area contributed by atoms with Crippen molar-refractivity contribution < 1.29 is 4.79 Å². The predicted octanol–water partition coefficient (Wildman–Crippen LogP) is 0.992. The molecular formula is C16H16N6O2. The van der Waals surface area contributed by atoms with Crippen LogP contribution in [0, 0.1) is 0 Å². The van der Waals surface area contributed by atoms with Gasteiger partial charge in [-0.2, -0.15) is 0 Å². The molecule has 0 bridgehead atoms. The number of carbonyl (C=O) groups is 1. The van der Waals surface area contributed by atoms with E-state index in [1.165, 1.54) is 6.33 Å². The van der Waals surface area contributed by atoms with E-state index in [0.717, 1.165) is 0 Å². The van der Waals surface area contributed by atoms with Crippen LogP contribution in [-0.4, -0.2) is 48.4 Å². The fourth-order valence-electron chi connectivity index (χ4n) is 3.19. The number of pyridine rings is 1. The van der Waals surface area contributed by atoms with Gasteiger partial charge in [0.1, 0.15) is 17.5 Å². The van der Waals surface area contributed by atoms with Crippen molar-refractivity contribution in [2.45, 2.75) is 18.9 Å². The number of amides is 1. The first-order chi connectivity index (χ1) is 11.7. The van der Waals surface area contributed by atoms with E-state index in [1.54, 1.807) is 40.1 Å². The number of carbonyl (C=O) groups excluding carboxylic acids is 1. The molecule has 4 heterocycles. The first-order valence-corrected chi connectivity index (χ1v) is 7.84. The van der Waals surface area contributed by atoms with Gasteiger partial charge in [-0.15, -0.1) is 0 Å². The molecule has 0 atom stereocenters. The SMILES string of the molecule is O=C(c1ccccn1)N1CCC(n2c(=O)[nH]c3cncnc32)CC1. The molecular weight excluding hydrogens is 308 g/mol. The molecule has 24 heavy (non-hydrogen) atoms. The van der Waals surface area contributed by atoms with Gasteiger partial charge in [-0.1, -0.05) is 6.07 Å². The number of hydrogen-bond donors (Lipinski definition) is 1. The lowest BCUT2D eigenvalue weighted by Gasteiger charge is -2.32. The number of likely N-dealkylation sites (tertiary alicyclic amines) is 1. The Bertz CT molecular complexity index is 924. The van der Waals surface area contributed by atoms with Crippen LogP contribution >= 0.6 is 0 Å². The summed E-state index contributed by atoms with van der Waals surface area (Å²) in [4.78, 5) is 41.5. The summed E-state index contributed by atoms with van der Waals surface area (Å²) in [7, 11) is 0. The van der Waals surface area contributed by atoms with Gasteiger partial charge in [-0.25, -0.2) is 14.8 Å². The molecule has 0 aromatic carbocycles. The summed E-state index contributed by atoms with van der Waals surface area (Å²) in [5.41, 5.74) is 1.52. The fraction of sp³-hybridized carbons (Fsp3) is 0.312. The van der Waals surface area contributed by atoms with E-state index < -0.39 is 0 Å². The molecule has 0 unspecified atom stereocenters. The lowest BCUT2D eigenvalue weighted by molar-refractivity contribution is 0.0689. The van der Waals surface area contributed by atoms with Crippen molar-refractivity contribution in [3.8, 4) is 0 Å². The normalized spacial score (nSPS) is 15.8. The fourth-order valence-corrected chi connectivity index (χ4v) is 3.19. The molecule has 122 valence electrons. The monoisotopic (exact) mass is 324 g/mol. The molecule has 8 nitrogen and oxygen atoms in total. The van der Waals surface area contributed by atoms with Crippen molar-refractivity contribution in [1.29, 1.82) is 0 Å². The van der Waals surface area contributed by atoms with E-state index >= 15 is 0 Å². The summed E-state index contributed by atoms with van der Waals surface area (Å²) in [5, 5.41) is 0. The maximum atomic E-state index is 12.4. The highest BCUT2D eigenvalue weighted by atomic mass is 16.2. The molecule has 0 aliphatic carbocycles. The second-order valence-electron chi connectivity index (χ2n) is 5.80. The van der Waals surface area contributed by atoms with Crippen LogP contribution in [0.3, 0.4) is 0 Å². The molecule has 1 fully saturated rings. The lowest BCUT2D eigenvalue weighted by atomic mass is 10.0. The average molecular weight is 324 g/mol. The number of imidazole rings is 1. The molecule has 1 aliphatic rings. The standard InChI is InChI=1S/C16H16N6O2/c23-15(12-3-1-2-6-18-12)21-7-4-11(5-8-21)22-14-13(20-16(22)24)9-17-10-19-14/h1-3,6,9-11H,4-5,7-8H2,(H,20,24). The van der Waals surface area contributed by atoms with Gasteiger partial charge in [0.05, 0.1) is 6.20 Å². The third-order valence-electron chi connectivity index (χ3n) is 4.38. The minimum Gasteiger partial charge on any atom is -0.337 e. The average Bonchev–Trinajstić information content (AvgIpc) is 2.98. The summed E-state index contributed by atoms with van der Waals surface area (Å²) < 4.78 is 1.68. The van der Waals surface area contributed by atoms with Crippen LogP contribution in [0.2, 0.25) is 0 Å². The van der Waals surface area contributed by atoms with E-state index in [2.05, 4.69) is 19.9 Å². The first-order valence-electron chi connectivity index (χ1n) is 7.84. The van der Waals surface area contributed by atoms with E-state index in [1.807, 2.05) is 0 Å². The Morgan fingerprint density at radius 3 is 2.79 bits per heavy atom. The molecule has 1 amide bonds. The number of aromatic nitrogens is 5. The Balaban J connectivity index is 1.53. The second-order valence-corrected chi connectivity index (χ2v) is 5.80. The van der Waals surface area contributed by atoms with Crippen molar-refractivity contribution in [2.24, 2.45) is 0 Å². The lowest BCUT2D eigenvalue weighted by Crippen LogP contribution is -2.40. The highest BCUT2D eigenvalue weighted by molar-refractivity contribution is 5.92. The number of nitrogens with zero attached hydrogens (tertiary/aromatic N) is 5. The van der Waals surface area contributed by atoms with Crippen LogP contribution in [0.15, 0.2) is 41.7 Å². The number of nitrogens with one attached hydrogen (secondary N) is 1. The zero-order chi connectivity index (χ0) is 16.5. The molecule has 1 N–H and O–H groups in total. The Hall–Kier alpha value is -3.03. The maximum Gasteiger partial charge on any atom is 0.327 e. The van der Waals surface area contributed by atoms with E-state index in [9.17, 15) is 9.59 Å². The van der Waals surface area contributed by atoms with Crippen molar-refractivity contribution in [3.05, 3.63) is 53.1 Å². The largest absolute Gasteiger partial charge is 0.337 e. The molecule has 0 saturated carbocycles. The Morgan fingerprint density at radius 1 is 1.21 bits per heavy atom. The summed E-state index contributed by atoms with van der Waals surface area (Å²) in [5.74, 6) is -0.0670. The van der Waals surface area contributed by atoms with E-state index in [0.29, 0.717) is 42.8 Å². The Labute approximate surface area is 137 Å². The molecule has 3 aromatic rings. The molecule has 3 aromatic heterocycles. The molecule has 0 spiro atoms. The summed E-state index contributed by atoms with van der Waals surface area (Å²) in [6, 6.07) is 5.33. The van der Waals surface area contributed by atoms with Crippen molar-refractivity contribution in [1.82, 2.24) is 29.4 Å². The van der Waals surface area contributed by atoms with Crippen LogP contribution in [0.1, 0.15) is 29.4 Å². The summed E-state index contributed by atoms with van der Waals surface area (Å²) in [6.45, 7) is 1.18. The quantitative estimate of drug-likeness (QED) is 0.758. The van der Waals surface area contributed by atoms with Gasteiger partial charge < -0.3 is 9.88 Å². The van der Waals surface area contributed by atoms with Gasteiger partial charge in [-0.3, -0.25) is 14.3 Å². The molecule has 1 aliphatic heterocycles. The van der Waals surface area contributed by atoms with Crippen LogP contribution in [0.25, 0.3) is 11.2 Å². The van der Waals surface area contributed by atoms with Gasteiger partial charge >= 0.3 is 5.69 Å². The zero-order valence-electron chi connectivity index (χ0n) is 12.9. The molecule has 8 heteroatoms. The van der Waals surface area contributed by atoms with Gasteiger partial charge in [0, 0.05) is 25.3 Å². The van der Waals surface area contributed by atoms with Crippen molar-refractivity contribution in [2.75, 3.05) is 13.1 Å². The van der Waals surface area contributed by atoms with Gasteiger partial charge in [0.15, 0.2) is 5.65 Å². The number of rotatable bonds is 2. The number of fused-ring (bicyclic) bond motifs is 1. The molecule has 0 radical (unpaired) electrons. The van der Waals surface area contributed by atoms with Crippen molar-refractivity contribution in [3.63, 3.8) is 0 Å². The third-order valence-corrected chi connectivity index (χ3v) is 4.38. The van der Waals surface area contributed by atoms with Crippen LogP contribution in [0.4, 0.5) is 0 Å². The van der Waals surface area contributed by atoms with Gasteiger partial charge in [0.25, 0.3) is 5.91 Å². The Morgan fingerprint density at radius 2 is 2.04 bits per heavy atom. The highest BCUT2D eigenvalue weighted by Crippen LogP contribution is 2.24.